The third-order valence-corrected chi connectivity index (χ3v) is 2.86. The molecule has 0 aromatic heterocycles. The minimum absolute atomic E-state index is 0.329. The van der Waals surface area contributed by atoms with Gasteiger partial charge in [0.15, 0.2) is 0 Å². The Bertz CT molecular complexity index is 208. The average molecular weight is 210 g/mol. The zero-order valence-electron chi connectivity index (χ0n) is 9.74. The van der Waals surface area contributed by atoms with Crippen LogP contribution in [0.25, 0.3) is 0 Å². The highest BCUT2D eigenvalue weighted by atomic mass is 16.2. The zero-order valence-corrected chi connectivity index (χ0v) is 9.74. The average Bonchev–Trinajstić information content (AvgIpc) is 2.27. The molecule has 0 aromatic rings. The Morgan fingerprint density at radius 2 is 2.00 bits per heavy atom. The van der Waals surface area contributed by atoms with Gasteiger partial charge in [0.2, 0.25) is 5.91 Å². The van der Waals surface area contributed by atoms with Crippen LogP contribution in [-0.4, -0.2) is 48.4 Å². The second kappa shape index (κ2) is 6.62. The Hall–Kier alpha value is -0.830. The Kier molecular flexibility index (Phi) is 5.40. The van der Waals surface area contributed by atoms with E-state index in [1.54, 1.807) is 0 Å². The van der Waals surface area contributed by atoms with Crippen molar-refractivity contribution in [1.82, 2.24) is 9.80 Å². The van der Waals surface area contributed by atoms with Gasteiger partial charge in [-0.1, -0.05) is 19.4 Å². The molecule has 0 N–H and O–H groups in total. The molecule has 0 aliphatic carbocycles. The molecule has 0 atom stereocenters. The monoisotopic (exact) mass is 210 g/mol. The van der Waals surface area contributed by atoms with E-state index in [-0.39, 0.29) is 0 Å². The van der Waals surface area contributed by atoms with Gasteiger partial charge in [-0.05, 0) is 6.42 Å². The number of hydrogen-bond acceptors (Lipinski definition) is 2. The van der Waals surface area contributed by atoms with Crippen molar-refractivity contribution in [3.05, 3.63) is 12.7 Å². The third-order valence-electron chi connectivity index (χ3n) is 2.86. The van der Waals surface area contributed by atoms with Gasteiger partial charge in [0.25, 0.3) is 0 Å². The van der Waals surface area contributed by atoms with Gasteiger partial charge in [-0.2, -0.15) is 0 Å². The number of carbonyl (C=O) groups excluding carboxylic acids is 1. The first-order chi connectivity index (χ1) is 7.27. The van der Waals surface area contributed by atoms with Gasteiger partial charge < -0.3 is 4.90 Å². The minimum Gasteiger partial charge on any atom is -0.340 e. The maximum absolute atomic E-state index is 11.7. The summed E-state index contributed by atoms with van der Waals surface area (Å²) in [6.07, 6.45) is 4.76. The highest BCUT2D eigenvalue weighted by Crippen LogP contribution is 2.05. The van der Waals surface area contributed by atoms with Crippen molar-refractivity contribution in [3.8, 4) is 0 Å². The fourth-order valence-electron chi connectivity index (χ4n) is 1.85. The zero-order chi connectivity index (χ0) is 11.1. The van der Waals surface area contributed by atoms with E-state index in [1.165, 1.54) is 0 Å². The lowest BCUT2D eigenvalue weighted by molar-refractivity contribution is -0.132. The lowest BCUT2D eigenvalue weighted by Crippen LogP contribution is -2.48. The molecule has 1 amide bonds. The van der Waals surface area contributed by atoms with Crippen LogP contribution in [0.4, 0.5) is 0 Å². The van der Waals surface area contributed by atoms with Crippen LogP contribution in [-0.2, 0) is 4.79 Å². The molecular weight excluding hydrogens is 188 g/mol. The second-order valence-corrected chi connectivity index (χ2v) is 4.07. The highest BCUT2D eigenvalue weighted by Gasteiger charge is 2.19. The van der Waals surface area contributed by atoms with Crippen LogP contribution >= 0.6 is 0 Å². The van der Waals surface area contributed by atoms with Gasteiger partial charge in [0.1, 0.15) is 0 Å². The molecule has 0 bridgehead atoms. The van der Waals surface area contributed by atoms with Crippen molar-refractivity contribution in [2.75, 3.05) is 32.7 Å². The van der Waals surface area contributed by atoms with E-state index in [0.717, 1.165) is 52.0 Å². The van der Waals surface area contributed by atoms with Crippen molar-refractivity contribution >= 4 is 5.91 Å². The highest BCUT2D eigenvalue weighted by molar-refractivity contribution is 5.76. The lowest BCUT2D eigenvalue weighted by Gasteiger charge is -2.34. The maximum atomic E-state index is 11.7. The van der Waals surface area contributed by atoms with Crippen LogP contribution in [0.1, 0.15) is 26.2 Å². The predicted molar refractivity (Wildman–Crippen MR) is 62.7 cm³/mol. The van der Waals surface area contributed by atoms with E-state index in [4.69, 9.17) is 0 Å². The van der Waals surface area contributed by atoms with E-state index >= 15 is 0 Å². The number of amides is 1. The molecule has 86 valence electrons. The molecule has 0 spiro atoms. The van der Waals surface area contributed by atoms with Crippen molar-refractivity contribution in [2.45, 2.75) is 26.2 Å². The number of nitrogens with zero attached hydrogens (tertiary/aromatic N) is 2. The van der Waals surface area contributed by atoms with E-state index in [2.05, 4.69) is 18.4 Å². The summed E-state index contributed by atoms with van der Waals surface area (Å²) in [7, 11) is 0. The number of unbranched alkanes of at least 4 members (excludes halogenated alkanes) is 1. The minimum atomic E-state index is 0.329. The summed E-state index contributed by atoms with van der Waals surface area (Å²) in [6, 6.07) is 0. The molecule has 0 saturated carbocycles. The number of carbonyl (C=O) groups is 1. The Labute approximate surface area is 92.7 Å². The van der Waals surface area contributed by atoms with Crippen LogP contribution in [0.3, 0.4) is 0 Å². The standard InChI is InChI=1S/C12H22N2O/c1-3-5-6-12(15)14-10-8-13(7-4-2)9-11-14/h4H,2-3,5-11H2,1H3. The Morgan fingerprint density at radius 3 is 2.53 bits per heavy atom. The number of hydrogen-bond donors (Lipinski definition) is 0. The van der Waals surface area contributed by atoms with Gasteiger partial charge in [-0.3, -0.25) is 9.69 Å². The normalized spacial score (nSPS) is 17.8. The quantitative estimate of drug-likeness (QED) is 0.642. The van der Waals surface area contributed by atoms with Crippen LogP contribution in [0, 0.1) is 0 Å². The van der Waals surface area contributed by atoms with Crippen LogP contribution in [0.5, 0.6) is 0 Å². The molecule has 0 unspecified atom stereocenters. The molecule has 1 aliphatic heterocycles. The SMILES string of the molecule is C=CCN1CCN(C(=O)CCCC)CC1. The molecule has 3 heteroatoms. The fourth-order valence-corrected chi connectivity index (χ4v) is 1.85. The van der Waals surface area contributed by atoms with Gasteiger partial charge in [0.05, 0.1) is 0 Å². The second-order valence-electron chi connectivity index (χ2n) is 4.07. The van der Waals surface area contributed by atoms with Crippen molar-refractivity contribution in [3.63, 3.8) is 0 Å². The summed E-state index contributed by atoms with van der Waals surface area (Å²) in [5.41, 5.74) is 0. The molecule has 1 aliphatic rings. The van der Waals surface area contributed by atoms with E-state index in [1.807, 2.05) is 11.0 Å². The van der Waals surface area contributed by atoms with Gasteiger partial charge in [-0.25, -0.2) is 0 Å². The summed E-state index contributed by atoms with van der Waals surface area (Å²) < 4.78 is 0. The Balaban J connectivity index is 2.24. The van der Waals surface area contributed by atoms with Crippen LogP contribution in [0.2, 0.25) is 0 Å². The summed E-state index contributed by atoms with van der Waals surface area (Å²) in [5.74, 6) is 0.329. The van der Waals surface area contributed by atoms with E-state index in [9.17, 15) is 4.79 Å². The van der Waals surface area contributed by atoms with Crippen molar-refractivity contribution < 1.29 is 4.79 Å². The van der Waals surface area contributed by atoms with Crippen LogP contribution in [0.15, 0.2) is 12.7 Å². The van der Waals surface area contributed by atoms with E-state index < -0.39 is 0 Å². The number of piperazine rings is 1. The molecule has 1 saturated heterocycles. The Morgan fingerprint density at radius 1 is 1.33 bits per heavy atom. The first-order valence-electron chi connectivity index (χ1n) is 5.89. The third kappa shape index (κ3) is 4.04. The molecule has 15 heavy (non-hydrogen) atoms. The number of rotatable bonds is 5. The summed E-state index contributed by atoms with van der Waals surface area (Å²) in [6.45, 7) is 10.5. The van der Waals surface area contributed by atoms with Crippen LogP contribution < -0.4 is 0 Å². The summed E-state index contributed by atoms with van der Waals surface area (Å²) >= 11 is 0. The molecule has 0 aromatic carbocycles. The largest absolute Gasteiger partial charge is 0.340 e. The topological polar surface area (TPSA) is 23.6 Å². The van der Waals surface area contributed by atoms with Crippen molar-refractivity contribution in [2.24, 2.45) is 0 Å². The smallest absolute Gasteiger partial charge is 0.222 e. The van der Waals surface area contributed by atoms with E-state index in [0.29, 0.717) is 5.91 Å². The summed E-state index contributed by atoms with van der Waals surface area (Å²) in [5, 5.41) is 0. The van der Waals surface area contributed by atoms with Gasteiger partial charge in [-0.15, -0.1) is 6.58 Å². The first kappa shape index (κ1) is 12.2. The maximum Gasteiger partial charge on any atom is 0.222 e. The molecular formula is C12H22N2O. The molecule has 3 nitrogen and oxygen atoms in total. The fraction of sp³-hybridized carbons (Fsp3) is 0.750. The van der Waals surface area contributed by atoms with Gasteiger partial charge >= 0.3 is 0 Å². The molecule has 0 radical (unpaired) electrons. The first-order valence-corrected chi connectivity index (χ1v) is 5.89. The predicted octanol–water partition coefficient (Wildman–Crippen LogP) is 1.51. The lowest BCUT2D eigenvalue weighted by atomic mass is 10.2. The molecule has 1 rings (SSSR count). The molecule has 1 heterocycles. The summed E-state index contributed by atoms with van der Waals surface area (Å²) in [4.78, 5) is 16.0. The molecule has 1 fully saturated rings. The van der Waals surface area contributed by atoms with Gasteiger partial charge in [0, 0.05) is 39.1 Å². The van der Waals surface area contributed by atoms with Crippen molar-refractivity contribution in [1.29, 1.82) is 0 Å².